The van der Waals surface area contributed by atoms with Crippen LogP contribution in [0.15, 0.2) is 81.1 Å². The van der Waals surface area contributed by atoms with Crippen molar-refractivity contribution < 1.29 is 14.2 Å². The van der Waals surface area contributed by atoms with Gasteiger partial charge in [-0.25, -0.2) is 4.98 Å². The SMILES string of the molecule is C#CCOc1cc(Br)c(/C=N\n2c(COc3ccccc3)nc3ccccc3c2=O)cc1OCC. The molecule has 1 heterocycles. The molecule has 0 atom stereocenters. The number of fused-ring (bicyclic) bond motifs is 1. The summed E-state index contributed by atoms with van der Waals surface area (Å²) in [5, 5.41) is 4.93. The van der Waals surface area contributed by atoms with Gasteiger partial charge < -0.3 is 14.2 Å². The Morgan fingerprint density at radius 3 is 2.57 bits per heavy atom. The minimum atomic E-state index is -0.298. The molecule has 0 amide bonds. The highest BCUT2D eigenvalue weighted by atomic mass is 79.9. The van der Waals surface area contributed by atoms with E-state index < -0.39 is 0 Å². The Kier molecular flexibility index (Phi) is 7.81. The van der Waals surface area contributed by atoms with Crippen molar-refractivity contribution in [2.24, 2.45) is 5.10 Å². The van der Waals surface area contributed by atoms with E-state index in [1.807, 2.05) is 43.3 Å². The van der Waals surface area contributed by atoms with Gasteiger partial charge in [-0.05, 0) is 59.3 Å². The second-order valence-corrected chi connectivity index (χ2v) is 8.11. The van der Waals surface area contributed by atoms with Crippen LogP contribution >= 0.6 is 15.9 Å². The Morgan fingerprint density at radius 1 is 1.06 bits per heavy atom. The highest BCUT2D eigenvalue weighted by Gasteiger charge is 2.13. The molecule has 0 spiro atoms. The molecule has 3 aromatic carbocycles. The van der Waals surface area contributed by atoms with Gasteiger partial charge in [0.2, 0.25) is 0 Å². The minimum absolute atomic E-state index is 0.0612. The number of halogens is 1. The summed E-state index contributed by atoms with van der Waals surface area (Å²) in [6.45, 7) is 2.49. The Balaban J connectivity index is 1.74. The molecule has 8 heteroatoms. The maximum Gasteiger partial charge on any atom is 0.282 e. The van der Waals surface area contributed by atoms with Crippen LogP contribution in [0.3, 0.4) is 0 Å². The summed E-state index contributed by atoms with van der Waals surface area (Å²) in [5.41, 5.74) is 0.954. The molecule has 0 bridgehead atoms. The van der Waals surface area contributed by atoms with Gasteiger partial charge in [0.25, 0.3) is 5.56 Å². The molecule has 0 aliphatic carbocycles. The van der Waals surface area contributed by atoms with Crippen LogP contribution in [0.1, 0.15) is 18.3 Å². The zero-order valence-corrected chi connectivity index (χ0v) is 20.6. The molecule has 0 unspecified atom stereocenters. The molecular weight excluding hydrogens is 510 g/mol. The zero-order valence-electron chi connectivity index (χ0n) is 19.0. The van der Waals surface area contributed by atoms with Crippen molar-refractivity contribution >= 4 is 33.0 Å². The van der Waals surface area contributed by atoms with Gasteiger partial charge in [-0.15, -0.1) is 6.42 Å². The quantitative estimate of drug-likeness (QED) is 0.223. The van der Waals surface area contributed by atoms with Crippen molar-refractivity contribution in [3.63, 3.8) is 0 Å². The first-order chi connectivity index (χ1) is 17.1. The molecule has 35 heavy (non-hydrogen) atoms. The summed E-state index contributed by atoms with van der Waals surface area (Å²) >= 11 is 3.53. The van der Waals surface area contributed by atoms with Gasteiger partial charge in [-0.3, -0.25) is 4.79 Å². The lowest BCUT2D eigenvalue weighted by Crippen LogP contribution is -2.23. The number of hydrogen-bond acceptors (Lipinski definition) is 6. The maximum absolute atomic E-state index is 13.3. The third-order valence-electron chi connectivity index (χ3n) is 4.92. The number of rotatable bonds is 9. The summed E-state index contributed by atoms with van der Waals surface area (Å²) < 4.78 is 19.1. The Hall–Kier alpha value is -4.09. The molecule has 0 saturated heterocycles. The fourth-order valence-electron chi connectivity index (χ4n) is 3.32. The van der Waals surface area contributed by atoms with Crippen LogP contribution in [-0.2, 0) is 6.61 Å². The van der Waals surface area contributed by atoms with E-state index in [-0.39, 0.29) is 18.8 Å². The first-order valence-corrected chi connectivity index (χ1v) is 11.7. The normalized spacial score (nSPS) is 10.9. The summed E-state index contributed by atoms with van der Waals surface area (Å²) in [6, 6.07) is 20.0. The molecule has 0 N–H and O–H groups in total. The minimum Gasteiger partial charge on any atom is -0.490 e. The Morgan fingerprint density at radius 2 is 1.80 bits per heavy atom. The first-order valence-electron chi connectivity index (χ1n) is 10.9. The molecule has 0 aliphatic rings. The maximum atomic E-state index is 13.3. The number of para-hydroxylation sites is 2. The molecule has 176 valence electrons. The van der Waals surface area contributed by atoms with Crippen molar-refractivity contribution in [1.82, 2.24) is 9.66 Å². The number of nitrogens with zero attached hydrogens (tertiary/aromatic N) is 3. The second-order valence-electron chi connectivity index (χ2n) is 7.25. The van der Waals surface area contributed by atoms with Crippen molar-refractivity contribution in [3.05, 3.63) is 92.9 Å². The van der Waals surface area contributed by atoms with Crippen LogP contribution < -0.4 is 19.8 Å². The second kappa shape index (κ2) is 11.4. The lowest BCUT2D eigenvalue weighted by molar-refractivity contribution is 0.289. The number of aromatic nitrogens is 2. The molecular formula is C27H22BrN3O4. The van der Waals surface area contributed by atoms with Crippen LogP contribution in [-0.4, -0.2) is 29.1 Å². The third-order valence-corrected chi connectivity index (χ3v) is 5.60. The monoisotopic (exact) mass is 531 g/mol. The summed E-state index contributed by atoms with van der Waals surface area (Å²) in [5.74, 6) is 4.50. The van der Waals surface area contributed by atoms with Crippen LogP contribution in [0.2, 0.25) is 0 Å². The van der Waals surface area contributed by atoms with E-state index in [9.17, 15) is 4.79 Å². The van der Waals surface area contributed by atoms with E-state index in [4.69, 9.17) is 20.6 Å². The average molecular weight is 532 g/mol. The van der Waals surface area contributed by atoms with Crippen molar-refractivity contribution in [3.8, 4) is 29.6 Å². The molecule has 0 aliphatic heterocycles. The van der Waals surface area contributed by atoms with Crippen molar-refractivity contribution in [2.75, 3.05) is 13.2 Å². The van der Waals surface area contributed by atoms with E-state index in [0.717, 1.165) is 0 Å². The van der Waals surface area contributed by atoms with Gasteiger partial charge in [-0.1, -0.05) is 36.3 Å². The predicted molar refractivity (Wildman–Crippen MR) is 139 cm³/mol. The van der Waals surface area contributed by atoms with Gasteiger partial charge in [-0.2, -0.15) is 9.78 Å². The highest BCUT2D eigenvalue weighted by Crippen LogP contribution is 2.33. The third kappa shape index (κ3) is 5.70. The number of ether oxygens (including phenoxy) is 3. The topological polar surface area (TPSA) is 74.9 Å². The van der Waals surface area contributed by atoms with Gasteiger partial charge in [0.15, 0.2) is 17.3 Å². The smallest absolute Gasteiger partial charge is 0.282 e. The molecule has 0 fully saturated rings. The molecule has 4 rings (SSSR count). The zero-order chi connectivity index (χ0) is 24.6. The predicted octanol–water partition coefficient (Wildman–Crippen LogP) is 5.03. The van der Waals surface area contributed by atoms with Gasteiger partial charge in [0.1, 0.15) is 19.0 Å². The van der Waals surface area contributed by atoms with E-state index in [1.54, 1.807) is 36.5 Å². The summed E-state index contributed by atoms with van der Waals surface area (Å²) in [7, 11) is 0. The Bertz CT molecular complexity index is 1460. The van der Waals surface area contributed by atoms with Crippen molar-refractivity contribution in [1.29, 1.82) is 0 Å². The van der Waals surface area contributed by atoms with Crippen molar-refractivity contribution in [2.45, 2.75) is 13.5 Å². The van der Waals surface area contributed by atoms with E-state index in [1.165, 1.54) is 4.68 Å². The van der Waals surface area contributed by atoms with Crippen LogP contribution in [0.25, 0.3) is 10.9 Å². The van der Waals surface area contributed by atoms with E-state index >= 15 is 0 Å². The summed E-state index contributed by atoms with van der Waals surface area (Å²) in [4.78, 5) is 17.9. The standard InChI is InChI=1S/C27H22BrN3O4/c1-3-14-34-25-16-22(28)19(15-24(25)33-4-2)17-29-31-26(18-35-20-10-6-5-7-11-20)30-23-13-9-8-12-21(23)27(31)32/h1,5-13,15-17H,4,14,18H2,2H3/b29-17-. The van der Waals surface area contributed by atoms with Gasteiger partial charge >= 0.3 is 0 Å². The fraction of sp³-hybridized carbons (Fsp3) is 0.148. The molecule has 0 saturated carbocycles. The average Bonchev–Trinajstić information content (AvgIpc) is 2.88. The molecule has 7 nitrogen and oxygen atoms in total. The fourth-order valence-corrected chi connectivity index (χ4v) is 3.74. The largest absolute Gasteiger partial charge is 0.490 e. The Labute approximate surface area is 211 Å². The van der Waals surface area contributed by atoms with Crippen LogP contribution in [0.5, 0.6) is 17.2 Å². The van der Waals surface area contributed by atoms with Gasteiger partial charge in [0.05, 0.1) is 23.7 Å². The highest BCUT2D eigenvalue weighted by molar-refractivity contribution is 9.10. The lowest BCUT2D eigenvalue weighted by Gasteiger charge is -2.13. The number of hydrogen-bond donors (Lipinski definition) is 0. The van der Waals surface area contributed by atoms with Crippen LogP contribution in [0, 0.1) is 12.3 Å². The lowest BCUT2D eigenvalue weighted by atomic mass is 10.2. The number of terminal acetylenes is 1. The molecule has 0 radical (unpaired) electrons. The van der Waals surface area contributed by atoms with E-state index in [2.05, 4.69) is 31.9 Å². The summed E-state index contributed by atoms with van der Waals surface area (Å²) in [6.07, 6.45) is 6.87. The van der Waals surface area contributed by atoms with Gasteiger partial charge in [0, 0.05) is 10.0 Å². The molecule has 1 aromatic heterocycles. The van der Waals surface area contributed by atoms with E-state index in [0.29, 0.717) is 50.6 Å². The van der Waals surface area contributed by atoms with Crippen LogP contribution in [0.4, 0.5) is 0 Å². The first kappa shape index (κ1) is 24.0. The number of benzene rings is 3. The molecule has 4 aromatic rings.